The van der Waals surface area contributed by atoms with E-state index in [0.29, 0.717) is 16.9 Å². The van der Waals surface area contributed by atoms with Crippen molar-refractivity contribution in [3.05, 3.63) is 59.0 Å². The largest absolute Gasteiger partial charge is 0.460 e. The molecule has 9 N–H and O–H groups in total. The summed E-state index contributed by atoms with van der Waals surface area (Å²) in [7, 11) is 1.13. The van der Waals surface area contributed by atoms with Crippen LogP contribution in [0.25, 0.3) is 0 Å². The van der Waals surface area contributed by atoms with E-state index in [1.807, 2.05) is 0 Å². The van der Waals surface area contributed by atoms with E-state index in [1.54, 1.807) is 51.1 Å². The number of nitrogens with two attached hydrogens (primary N) is 2. The number of hydrogen-bond acceptors (Lipinski definition) is 9. The number of hydrogen-bond donors (Lipinski definition) is 7. The number of ether oxygens (including phenoxy) is 2. The molecule has 1 aromatic heterocycles. The third kappa shape index (κ3) is 10.3. The molecule has 0 spiro atoms. The molecule has 0 unspecified atom stereocenters. The monoisotopic (exact) mass is 571 g/mol. The summed E-state index contributed by atoms with van der Waals surface area (Å²) in [6.07, 6.45) is -1.51. The fourth-order valence-corrected chi connectivity index (χ4v) is 3.79. The molecule has 2 rings (SSSR count). The van der Waals surface area contributed by atoms with Crippen LogP contribution in [-0.4, -0.2) is 60.3 Å². The molecule has 14 nitrogen and oxygen atoms in total. The van der Waals surface area contributed by atoms with Gasteiger partial charge < -0.3 is 41.3 Å². The van der Waals surface area contributed by atoms with E-state index in [9.17, 15) is 19.2 Å². The summed E-state index contributed by atoms with van der Waals surface area (Å²) in [5.74, 6) is -1.88. The second-order valence-corrected chi connectivity index (χ2v) is 10.2. The van der Waals surface area contributed by atoms with Crippen molar-refractivity contribution in [3.63, 3.8) is 0 Å². The maximum absolute atomic E-state index is 13.7. The first-order valence-corrected chi connectivity index (χ1v) is 12.6. The summed E-state index contributed by atoms with van der Waals surface area (Å²) >= 11 is 0. The lowest BCUT2D eigenvalue weighted by atomic mass is 9.84. The predicted molar refractivity (Wildman–Crippen MR) is 149 cm³/mol. The zero-order valence-corrected chi connectivity index (χ0v) is 23.5. The topological polar surface area (TPSA) is 236 Å². The van der Waals surface area contributed by atoms with Gasteiger partial charge in [0.25, 0.3) is 0 Å². The molecule has 0 aliphatic rings. The molecule has 0 saturated heterocycles. The molecule has 0 aliphatic heterocycles. The molecule has 1 heterocycles. The Balaban J connectivity index is 2.28. The van der Waals surface area contributed by atoms with E-state index >= 15 is 0 Å². The number of alkyl carbamates (subject to hydrolysis) is 1. The van der Waals surface area contributed by atoms with Gasteiger partial charge in [-0.25, -0.2) is 4.79 Å². The molecule has 41 heavy (non-hydrogen) atoms. The Labute approximate surface area is 237 Å². The number of furan rings is 1. The molecule has 0 bridgehead atoms. The van der Waals surface area contributed by atoms with Crippen molar-refractivity contribution in [1.82, 2.24) is 16.0 Å². The van der Waals surface area contributed by atoms with Crippen LogP contribution in [0, 0.1) is 10.8 Å². The van der Waals surface area contributed by atoms with E-state index in [1.165, 1.54) is 6.07 Å². The molecule has 14 heteroatoms. The molecule has 1 aromatic carbocycles. The zero-order chi connectivity index (χ0) is 30.8. The van der Waals surface area contributed by atoms with Crippen LogP contribution in [0.3, 0.4) is 0 Å². The SMILES string of the molecule is COC(=O)N[C@@](CCC(=O)OC(C)(C)C)(Cc1cccc(C(=N)N)c1)C(=O)NCC(=O)NCc1ccc(C(=N)N)o1. The predicted octanol–water partition coefficient (Wildman–Crippen LogP) is 1.04. The number of carbonyl (C=O) groups is 4. The van der Waals surface area contributed by atoms with E-state index in [4.69, 9.17) is 36.2 Å². The summed E-state index contributed by atoms with van der Waals surface area (Å²) in [6.45, 7) is 4.61. The first-order chi connectivity index (χ1) is 19.1. The lowest BCUT2D eigenvalue weighted by molar-refractivity contribution is -0.155. The highest BCUT2D eigenvalue weighted by Gasteiger charge is 2.41. The smallest absolute Gasteiger partial charge is 0.407 e. The van der Waals surface area contributed by atoms with Crippen molar-refractivity contribution in [2.24, 2.45) is 11.5 Å². The molecule has 0 saturated carbocycles. The highest BCUT2D eigenvalue weighted by molar-refractivity contribution is 5.96. The quantitative estimate of drug-likeness (QED) is 0.103. The maximum Gasteiger partial charge on any atom is 0.407 e. The van der Waals surface area contributed by atoms with E-state index in [-0.39, 0.29) is 43.2 Å². The van der Waals surface area contributed by atoms with Gasteiger partial charge in [-0.15, -0.1) is 0 Å². The number of nitrogen functional groups attached to an aromatic ring is 2. The minimum absolute atomic E-state index is 0.0238. The first kappa shape index (κ1) is 32.3. The van der Waals surface area contributed by atoms with Gasteiger partial charge in [0.2, 0.25) is 11.8 Å². The number of amides is 3. The standard InChI is InChI=1S/C27H37N7O7/c1-26(2,3)41-21(36)10-11-27(34-25(38)39-4,13-16-6-5-7-17(12-16)22(28)29)24(37)33-15-20(35)32-14-18-8-9-19(40-18)23(30)31/h5-9,12H,10-11,13-15H2,1-4H3,(H3,28,29)(H3,30,31)(H,32,35)(H,33,37)(H,34,38)/t27-/m0/s1. The van der Waals surface area contributed by atoms with E-state index in [0.717, 1.165) is 7.11 Å². The zero-order valence-electron chi connectivity index (χ0n) is 23.5. The van der Waals surface area contributed by atoms with E-state index in [2.05, 4.69) is 16.0 Å². The second-order valence-electron chi connectivity index (χ2n) is 10.2. The normalized spacial score (nSPS) is 12.4. The minimum Gasteiger partial charge on any atom is -0.460 e. The fourth-order valence-electron chi connectivity index (χ4n) is 3.79. The van der Waals surface area contributed by atoms with Crippen molar-refractivity contribution in [2.45, 2.75) is 57.7 Å². The van der Waals surface area contributed by atoms with Crippen LogP contribution in [0.15, 0.2) is 40.8 Å². The van der Waals surface area contributed by atoms with Crippen molar-refractivity contribution in [3.8, 4) is 0 Å². The van der Waals surface area contributed by atoms with Gasteiger partial charge in [0, 0.05) is 18.4 Å². The van der Waals surface area contributed by atoms with Gasteiger partial charge in [-0.05, 0) is 51.0 Å². The Kier molecular flexibility index (Phi) is 11.0. The number of rotatable bonds is 13. The van der Waals surface area contributed by atoms with Crippen molar-refractivity contribution in [2.75, 3.05) is 13.7 Å². The Morgan fingerprint density at radius 1 is 1.00 bits per heavy atom. The van der Waals surface area contributed by atoms with Crippen LogP contribution >= 0.6 is 0 Å². The minimum atomic E-state index is -1.75. The van der Waals surface area contributed by atoms with E-state index < -0.39 is 41.6 Å². The Morgan fingerprint density at radius 2 is 1.71 bits per heavy atom. The molecule has 0 radical (unpaired) electrons. The highest BCUT2D eigenvalue weighted by Crippen LogP contribution is 2.23. The summed E-state index contributed by atoms with van der Waals surface area (Å²) in [5.41, 5.74) is 9.38. The van der Waals surface area contributed by atoms with Gasteiger partial charge in [-0.2, -0.15) is 0 Å². The molecule has 0 fully saturated rings. The number of carbonyl (C=O) groups excluding carboxylic acids is 4. The molecule has 2 aromatic rings. The van der Waals surface area contributed by atoms with Gasteiger partial charge >= 0.3 is 12.1 Å². The summed E-state index contributed by atoms with van der Waals surface area (Å²) in [4.78, 5) is 51.2. The average molecular weight is 572 g/mol. The fraction of sp³-hybridized carbons (Fsp3) is 0.407. The second kappa shape index (κ2) is 14.0. The Bertz CT molecular complexity index is 1300. The Morgan fingerprint density at radius 3 is 2.29 bits per heavy atom. The summed E-state index contributed by atoms with van der Waals surface area (Å²) in [6, 6.07) is 9.55. The van der Waals surface area contributed by atoms with Crippen LogP contribution in [0.4, 0.5) is 4.79 Å². The van der Waals surface area contributed by atoms with Crippen LogP contribution in [0.2, 0.25) is 0 Å². The van der Waals surface area contributed by atoms with Gasteiger partial charge in [-0.3, -0.25) is 25.2 Å². The number of amidine groups is 2. The van der Waals surface area contributed by atoms with Crippen LogP contribution in [0.1, 0.15) is 56.3 Å². The van der Waals surface area contributed by atoms with Crippen LogP contribution < -0.4 is 27.4 Å². The molecular formula is C27H37N7O7. The Hall–Kier alpha value is -4.88. The first-order valence-electron chi connectivity index (χ1n) is 12.6. The van der Waals surface area contributed by atoms with Crippen LogP contribution in [0.5, 0.6) is 0 Å². The number of nitrogens with one attached hydrogen (secondary N) is 5. The molecule has 222 valence electrons. The third-order valence-corrected chi connectivity index (χ3v) is 5.68. The maximum atomic E-state index is 13.7. The molecular weight excluding hydrogens is 534 g/mol. The summed E-state index contributed by atoms with van der Waals surface area (Å²) in [5, 5.41) is 22.7. The third-order valence-electron chi connectivity index (χ3n) is 5.68. The lowest BCUT2D eigenvalue weighted by Gasteiger charge is -2.33. The molecule has 1 atom stereocenters. The summed E-state index contributed by atoms with van der Waals surface area (Å²) < 4.78 is 15.5. The van der Waals surface area contributed by atoms with Gasteiger partial charge in [0.05, 0.1) is 20.2 Å². The van der Waals surface area contributed by atoms with Crippen molar-refractivity contribution in [1.29, 1.82) is 10.8 Å². The van der Waals surface area contributed by atoms with Gasteiger partial charge in [-0.1, -0.05) is 18.2 Å². The molecule has 0 aliphatic carbocycles. The van der Waals surface area contributed by atoms with Crippen molar-refractivity contribution >= 4 is 35.5 Å². The lowest BCUT2D eigenvalue weighted by Crippen LogP contribution is -2.61. The van der Waals surface area contributed by atoms with Crippen molar-refractivity contribution < 1.29 is 33.1 Å². The number of esters is 1. The highest BCUT2D eigenvalue weighted by atomic mass is 16.6. The van der Waals surface area contributed by atoms with Crippen LogP contribution in [-0.2, 0) is 36.8 Å². The average Bonchev–Trinajstić information content (AvgIpc) is 3.38. The number of benzene rings is 1. The molecule has 3 amide bonds. The van der Waals surface area contributed by atoms with Gasteiger partial charge in [0.1, 0.15) is 22.7 Å². The van der Waals surface area contributed by atoms with Gasteiger partial charge in [0.15, 0.2) is 11.6 Å². The number of methoxy groups -OCH3 is 1.